The summed E-state index contributed by atoms with van der Waals surface area (Å²) in [6.07, 6.45) is 7.50. The third-order valence-corrected chi connectivity index (χ3v) is 3.91. The predicted molar refractivity (Wildman–Crippen MR) is 67.2 cm³/mol. The molecule has 0 aliphatic heterocycles. The molecule has 1 N–H and O–H groups in total. The number of anilines is 1. The molecule has 86 valence electrons. The maximum Gasteiger partial charge on any atom is 0.0459 e. The fraction of sp³-hybridized carbons (Fsp3) is 0.643. The Morgan fingerprint density at radius 1 is 1.31 bits per heavy atom. The van der Waals surface area contributed by atoms with Crippen molar-refractivity contribution in [2.45, 2.75) is 51.4 Å². The molecular formula is C14H20N2. The van der Waals surface area contributed by atoms with Gasteiger partial charge in [0.1, 0.15) is 0 Å². The van der Waals surface area contributed by atoms with E-state index in [0.717, 1.165) is 12.3 Å². The van der Waals surface area contributed by atoms with E-state index in [0.29, 0.717) is 0 Å². The number of hydrogen-bond acceptors (Lipinski definition) is 2. The van der Waals surface area contributed by atoms with Gasteiger partial charge in [0.05, 0.1) is 0 Å². The van der Waals surface area contributed by atoms with Crippen LogP contribution in [0.2, 0.25) is 0 Å². The second kappa shape index (κ2) is 3.76. The van der Waals surface area contributed by atoms with Crippen LogP contribution in [-0.2, 0) is 19.3 Å². The number of pyridine rings is 1. The third kappa shape index (κ3) is 1.43. The highest BCUT2D eigenvalue weighted by atomic mass is 14.9. The SMILES string of the molecule is CCc1nc2c(c(NC)c1C1CC1)CCC2. The lowest BCUT2D eigenvalue weighted by Crippen LogP contribution is -2.07. The van der Waals surface area contributed by atoms with Crippen LogP contribution in [0.25, 0.3) is 0 Å². The Hall–Kier alpha value is -1.05. The number of fused-ring (bicyclic) bond motifs is 1. The molecule has 2 aliphatic carbocycles. The van der Waals surface area contributed by atoms with Crippen LogP contribution in [0, 0.1) is 0 Å². The number of hydrogen-bond donors (Lipinski definition) is 1. The molecule has 1 saturated carbocycles. The minimum absolute atomic E-state index is 0.802. The average molecular weight is 216 g/mol. The normalized spacial score (nSPS) is 18.6. The van der Waals surface area contributed by atoms with Gasteiger partial charge in [-0.15, -0.1) is 0 Å². The molecule has 2 aliphatic rings. The van der Waals surface area contributed by atoms with E-state index in [-0.39, 0.29) is 0 Å². The van der Waals surface area contributed by atoms with E-state index in [4.69, 9.17) is 4.98 Å². The van der Waals surface area contributed by atoms with Crippen molar-refractivity contribution < 1.29 is 0 Å². The molecule has 0 spiro atoms. The van der Waals surface area contributed by atoms with Crippen LogP contribution in [0.5, 0.6) is 0 Å². The monoisotopic (exact) mass is 216 g/mol. The molecule has 0 bridgehead atoms. The van der Waals surface area contributed by atoms with Crippen LogP contribution in [0.1, 0.15) is 54.6 Å². The van der Waals surface area contributed by atoms with Crippen LogP contribution in [-0.4, -0.2) is 12.0 Å². The number of aryl methyl sites for hydroxylation is 2. The molecule has 3 rings (SSSR count). The van der Waals surface area contributed by atoms with Crippen molar-refractivity contribution in [2.24, 2.45) is 0 Å². The molecule has 16 heavy (non-hydrogen) atoms. The third-order valence-electron chi connectivity index (χ3n) is 3.91. The van der Waals surface area contributed by atoms with Crippen molar-refractivity contribution in [1.29, 1.82) is 0 Å². The predicted octanol–water partition coefficient (Wildman–Crippen LogP) is 3.05. The summed E-state index contributed by atoms with van der Waals surface area (Å²) in [6.45, 7) is 2.23. The molecule has 1 aromatic rings. The summed E-state index contributed by atoms with van der Waals surface area (Å²) in [5.74, 6) is 0.802. The average Bonchev–Trinajstić information content (AvgIpc) is 3.04. The number of rotatable bonds is 3. The highest BCUT2D eigenvalue weighted by molar-refractivity contribution is 5.63. The first kappa shape index (κ1) is 10.1. The van der Waals surface area contributed by atoms with Crippen LogP contribution in [0.15, 0.2) is 0 Å². The molecule has 2 heteroatoms. The van der Waals surface area contributed by atoms with Crippen molar-refractivity contribution in [2.75, 3.05) is 12.4 Å². The maximum absolute atomic E-state index is 4.90. The molecule has 2 nitrogen and oxygen atoms in total. The Morgan fingerprint density at radius 2 is 2.12 bits per heavy atom. The highest BCUT2D eigenvalue weighted by Gasteiger charge is 2.32. The molecule has 1 aromatic heterocycles. The lowest BCUT2D eigenvalue weighted by molar-refractivity contribution is 0.885. The fourth-order valence-electron chi connectivity index (χ4n) is 3.02. The Morgan fingerprint density at radius 3 is 2.75 bits per heavy atom. The summed E-state index contributed by atoms with van der Waals surface area (Å²) in [5.41, 5.74) is 7.22. The fourth-order valence-corrected chi connectivity index (χ4v) is 3.02. The van der Waals surface area contributed by atoms with Crippen molar-refractivity contribution in [1.82, 2.24) is 4.98 Å². The molecular weight excluding hydrogens is 196 g/mol. The Labute approximate surface area is 97.5 Å². The maximum atomic E-state index is 4.90. The first-order chi connectivity index (χ1) is 7.85. The lowest BCUT2D eigenvalue weighted by atomic mass is 9.99. The number of nitrogens with zero attached hydrogens (tertiary/aromatic N) is 1. The smallest absolute Gasteiger partial charge is 0.0459 e. The first-order valence-corrected chi connectivity index (χ1v) is 6.57. The zero-order chi connectivity index (χ0) is 11.1. The molecule has 0 saturated heterocycles. The Balaban J connectivity index is 2.19. The van der Waals surface area contributed by atoms with Crippen molar-refractivity contribution in [3.05, 3.63) is 22.5 Å². The molecule has 0 unspecified atom stereocenters. The van der Waals surface area contributed by atoms with Gasteiger partial charge < -0.3 is 5.32 Å². The van der Waals surface area contributed by atoms with Crippen LogP contribution in [0.3, 0.4) is 0 Å². The summed E-state index contributed by atoms with van der Waals surface area (Å²) >= 11 is 0. The zero-order valence-electron chi connectivity index (χ0n) is 10.3. The van der Waals surface area contributed by atoms with Crippen molar-refractivity contribution >= 4 is 5.69 Å². The van der Waals surface area contributed by atoms with Gasteiger partial charge in [0, 0.05) is 29.7 Å². The second-order valence-electron chi connectivity index (χ2n) is 5.00. The zero-order valence-corrected chi connectivity index (χ0v) is 10.3. The topological polar surface area (TPSA) is 24.9 Å². The van der Waals surface area contributed by atoms with Crippen LogP contribution >= 0.6 is 0 Å². The van der Waals surface area contributed by atoms with Gasteiger partial charge in [0.15, 0.2) is 0 Å². The van der Waals surface area contributed by atoms with E-state index < -0.39 is 0 Å². The van der Waals surface area contributed by atoms with E-state index in [1.54, 1.807) is 5.56 Å². The molecule has 0 radical (unpaired) electrons. The standard InChI is InChI=1S/C14H20N2/c1-3-11-13(9-7-8-9)14(15-2)10-5-4-6-12(10)16-11/h9H,3-8H2,1-2H3,(H,15,16). The lowest BCUT2D eigenvalue weighted by Gasteiger charge is -2.17. The van der Waals surface area contributed by atoms with E-state index >= 15 is 0 Å². The number of aromatic nitrogens is 1. The van der Waals surface area contributed by atoms with E-state index in [2.05, 4.69) is 19.3 Å². The Bertz CT molecular complexity index is 419. The van der Waals surface area contributed by atoms with Crippen LogP contribution < -0.4 is 5.32 Å². The summed E-state index contributed by atoms with van der Waals surface area (Å²) in [4.78, 5) is 4.90. The molecule has 0 aromatic carbocycles. The molecule has 1 fully saturated rings. The van der Waals surface area contributed by atoms with Crippen LogP contribution in [0.4, 0.5) is 5.69 Å². The van der Waals surface area contributed by atoms with Gasteiger partial charge in [0.25, 0.3) is 0 Å². The quantitative estimate of drug-likeness (QED) is 0.840. The van der Waals surface area contributed by atoms with Gasteiger partial charge in [0.2, 0.25) is 0 Å². The van der Waals surface area contributed by atoms with Gasteiger partial charge in [-0.3, -0.25) is 4.98 Å². The molecule has 0 amide bonds. The van der Waals surface area contributed by atoms with Gasteiger partial charge in [-0.1, -0.05) is 6.92 Å². The summed E-state index contributed by atoms with van der Waals surface area (Å²) in [7, 11) is 2.07. The van der Waals surface area contributed by atoms with Gasteiger partial charge in [-0.2, -0.15) is 0 Å². The Kier molecular flexibility index (Phi) is 2.38. The molecule has 1 heterocycles. The van der Waals surface area contributed by atoms with Crippen molar-refractivity contribution in [3.8, 4) is 0 Å². The molecule has 0 atom stereocenters. The largest absolute Gasteiger partial charge is 0.388 e. The minimum atomic E-state index is 0.802. The van der Waals surface area contributed by atoms with E-state index in [1.807, 2.05) is 0 Å². The van der Waals surface area contributed by atoms with Gasteiger partial charge >= 0.3 is 0 Å². The minimum Gasteiger partial charge on any atom is -0.388 e. The van der Waals surface area contributed by atoms with Gasteiger partial charge in [-0.05, 0) is 50.0 Å². The summed E-state index contributed by atoms with van der Waals surface area (Å²) < 4.78 is 0. The van der Waals surface area contributed by atoms with E-state index in [9.17, 15) is 0 Å². The number of nitrogens with one attached hydrogen (secondary N) is 1. The van der Waals surface area contributed by atoms with Gasteiger partial charge in [-0.25, -0.2) is 0 Å². The van der Waals surface area contributed by atoms with E-state index in [1.165, 1.54) is 54.7 Å². The second-order valence-corrected chi connectivity index (χ2v) is 5.00. The first-order valence-electron chi connectivity index (χ1n) is 6.57. The van der Waals surface area contributed by atoms with Crippen molar-refractivity contribution in [3.63, 3.8) is 0 Å². The summed E-state index contributed by atoms with van der Waals surface area (Å²) in [5, 5.41) is 3.45. The summed E-state index contributed by atoms with van der Waals surface area (Å²) in [6, 6.07) is 0. The highest BCUT2D eigenvalue weighted by Crippen LogP contribution is 2.47.